The highest BCUT2D eigenvalue weighted by molar-refractivity contribution is 6.33. The zero-order valence-electron chi connectivity index (χ0n) is 23.9. The second-order valence-electron chi connectivity index (χ2n) is 9.61. The third kappa shape index (κ3) is 6.58. The summed E-state index contributed by atoms with van der Waals surface area (Å²) in [4.78, 5) is 46.8. The molecule has 0 aliphatic carbocycles. The van der Waals surface area contributed by atoms with Gasteiger partial charge in [0.2, 0.25) is 17.8 Å². The Morgan fingerprint density at radius 1 is 1.00 bits per heavy atom. The molecule has 45 heavy (non-hydrogen) atoms. The maximum absolute atomic E-state index is 15.5. The number of amides is 2. The van der Waals surface area contributed by atoms with Gasteiger partial charge >= 0.3 is 0 Å². The first-order valence-corrected chi connectivity index (χ1v) is 13.8. The number of pyridine rings is 1. The maximum atomic E-state index is 15.5. The second kappa shape index (κ2) is 13.2. The van der Waals surface area contributed by atoms with Crippen molar-refractivity contribution in [1.29, 1.82) is 0 Å². The first kappa shape index (κ1) is 30.6. The van der Waals surface area contributed by atoms with Gasteiger partial charge in [-0.15, -0.1) is 0 Å². The molecule has 0 unspecified atom stereocenters. The van der Waals surface area contributed by atoms with E-state index >= 15 is 4.39 Å². The Labute approximate surface area is 261 Å². The van der Waals surface area contributed by atoms with Crippen LogP contribution >= 0.6 is 11.6 Å². The van der Waals surface area contributed by atoms with Crippen molar-refractivity contribution < 1.29 is 18.7 Å². The number of anilines is 4. The van der Waals surface area contributed by atoms with Crippen LogP contribution in [0.3, 0.4) is 0 Å². The van der Waals surface area contributed by atoms with Crippen molar-refractivity contribution in [1.82, 2.24) is 14.5 Å². The summed E-state index contributed by atoms with van der Waals surface area (Å²) in [6.45, 7) is 6.96. The molecular weight excluding hydrogens is 599 g/mol. The van der Waals surface area contributed by atoms with Crippen LogP contribution < -0.4 is 26.2 Å². The Balaban J connectivity index is 1.65. The highest BCUT2D eigenvalue weighted by atomic mass is 35.5. The molecule has 0 saturated heterocycles. The van der Waals surface area contributed by atoms with Gasteiger partial charge in [-0.2, -0.15) is 4.98 Å². The van der Waals surface area contributed by atoms with Crippen molar-refractivity contribution >= 4 is 57.5 Å². The van der Waals surface area contributed by atoms with E-state index in [1.54, 1.807) is 48.5 Å². The van der Waals surface area contributed by atoms with Gasteiger partial charge in [0.15, 0.2) is 11.6 Å². The fraction of sp³-hybridized carbons (Fsp3) is 0.0606. The molecule has 0 radical (unpaired) electrons. The van der Waals surface area contributed by atoms with Crippen LogP contribution in [0.1, 0.15) is 5.56 Å². The lowest BCUT2D eigenvalue weighted by molar-refractivity contribution is -0.112. The van der Waals surface area contributed by atoms with Crippen LogP contribution in [0.25, 0.3) is 22.2 Å². The van der Waals surface area contributed by atoms with Gasteiger partial charge in [0.1, 0.15) is 5.65 Å². The predicted molar refractivity (Wildman–Crippen MR) is 174 cm³/mol. The van der Waals surface area contributed by atoms with Crippen molar-refractivity contribution in [2.45, 2.75) is 6.54 Å². The van der Waals surface area contributed by atoms with Crippen LogP contribution in [0, 0.1) is 5.82 Å². The standard InChI is InChI=1S/C33H26ClFN6O4/c1-4-27(42)37-21-12-10-19(11-13-21)18-41-31-20(16-22(32(41)44)29-23(34)14-15-26(45-3)30(29)35)17-36-33(40-31)39-25-9-7-6-8-24(25)38-28(43)5-2/h4-17H,1-2,18H2,3H3,(H,37,42)(H,38,43)(H,36,39,40). The minimum absolute atomic E-state index is 0.0134. The molecule has 226 valence electrons. The Hall–Kier alpha value is -5.81. The number of aromatic nitrogens is 3. The summed E-state index contributed by atoms with van der Waals surface area (Å²) in [6.07, 6.45) is 3.80. The number of carbonyl (C=O) groups is 2. The zero-order valence-corrected chi connectivity index (χ0v) is 24.7. The van der Waals surface area contributed by atoms with E-state index in [-0.39, 0.29) is 45.9 Å². The van der Waals surface area contributed by atoms with Gasteiger partial charge < -0.3 is 20.7 Å². The molecule has 12 heteroatoms. The minimum atomic E-state index is -0.785. The number of halogens is 2. The normalized spacial score (nSPS) is 10.6. The number of para-hydroxylation sites is 2. The molecule has 0 aliphatic rings. The molecule has 0 bridgehead atoms. The van der Waals surface area contributed by atoms with E-state index in [0.29, 0.717) is 28.0 Å². The first-order valence-electron chi connectivity index (χ1n) is 13.5. The van der Waals surface area contributed by atoms with E-state index in [9.17, 15) is 14.4 Å². The largest absolute Gasteiger partial charge is 0.494 e. The number of hydrogen-bond donors (Lipinski definition) is 3. The van der Waals surface area contributed by atoms with E-state index in [1.807, 2.05) is 0 Å². The lowest BCUT2D eigenvalue weighted by Crippen LogP contribution is -2.24. The fourth-order valence-electron chi connectivity index (χ4n) is 4.56. The molecule has 2 aromatic heterocycles. The van der Waals surface area contributed by atoms with Crippen LogP contribution in [0.15, 0.2) is 103 Å². The average molecular weight is 625 g/mol. The van der Waals surface area contributed by atoms with Gasteiger partial charge in [0.05, 0.1) is 35.6 Å². The number of fused-ring (bicyclic) bond motifs is 1. The van der Waals surface area contributed by atoms with Crippen molar-refractivity contribution in [2.24, 2.45) is 0 Å². The topological polar surface area (TPSA) is 127 Å². The predicted octanol–water partition coefficient (Wildman–Crippen LogP) is 6.30. The minimum Gasteiger partial charge on any atom is -0.494 e. The molecule has 3 aromatic carbocycles. The molecule has 0 fully saturated rings. The number of ether oxygens (including phenoxy) is 1. The van der Waals surface area contributed by atoms with Crippen LogP contribution in [0.5, 0.6) is 5.75 Å². The van der Waals surface area contributed by atoms with Gasteiger partial charge in [0.25, 0.3) is 5.56 Å². The maximum Gasteiger partial charge on any atom is 0.260 e. The smallest absolute Gasteiger partial charge is 0.260 e. The van der Waals surface area contributed by atoms with E-state index in [1.165, 1.54) is 36.1 Å². The average Bonchev–Trinajstić information content (AvgIpc) is 3.04. The zero-order chi connectivity index (χ0) is 32.1. The Morgan fingerprint density at radius 3 is 2.38 bits per heavy atom. The lowest BCUT2D eigenvalue weighted by Gasteiger charge is -2.16. The molecule has 5 aromatic rings. The molecule has 2 heterocycles. The molecule has 5 rings (SSSR count). The van der Waals surface area contributed by atoms with Gasteiger partial charge in [-0.1, -0.05) is 49.0 Å². The molecule has 0 saturated carbocycles. The third-order valence-electron chi connectivity index (χ3n) is 6.74. The Morgan fingerprint density at radius 2 is 1.69 bits per heavy atom. The molecule has 3 N–H and O–H groups in total. The van der Waals surface area contributed by atoms with E-state index in [4.69, 9.17) is 16.3 Å². The molecular formula is C33H26ClFN6O4. The summed E-state index contributed by atoms with van der Waals surface area (Å²) in [5, 5.41) is 8.92. The molecule has 2 amide bonds. The van der Waals surface area contributed by atoms with E-state index < -0.39 is 17.3 Å². The number of carbonyl (C=O) groups excluding carboxylic acids is 2. The Bertz CT molecular complexity index is 2030. The number of hydrogen-bond acceptors (Lipinski definition) is 7. The van der Waals surface area contributed by atoms with Gasteiger partial charge in [-0.05, 0) is 60.2 Å². The summed E-state index contributed by atoms with van der Waals surface area (Å²) in [5.74, 6) is -1.49. The number of methoxy groups -OCH3 is 1. The van der Waals surface area contributed by atoms with Crippen LogP contribution in [-0.2, 0) is 16.1 Å². The van der Waals surface area contributed by atoms with Gasteiger partial charge in [0, 0.05) is 22.8 Å². The molecule has 10 nitrogen and oxygen atoms in total. The van der Waals surface area contributed by atoms with Gasteiger partial charge in [-0.25, -0.2) is 9.37 Å². The van der Waals surface area contributed by atoms with Crippen molar-refractivity contribution in [2.75, 3.05) is 23.1 Å². The summed E-state index contributed by atoms with van der Waals surface area (Å²) in [6, 6.07) is 18.1. The number of nitrogens with zero attached hydrogens (tertiary/aromatic N) is 3. The number of rotatable bonds is 10. The highest BCUT2D eigenvalue weighted by Crippen LogP contribution is 2.35. The lowest BCUT2D eigenvalue weighted by atomic mass is 10.0. The van der Waals surface area contributed by atoms with Crippen LogP contribution in [0.2, 0.25) is 5.02 Å². The number of benzene rings is 3. The first-order chi connectivity index (χ1) is 21.7. The van der Waals surface area contributed by atoms with E-state index in [0.717, 1.165) is 12.2 Å². The van der Waals surface area contributed by atoms with Gasteiger partial charge in [-0.3, -0.25) is 19.0 Å². The van der Waals surface area contributed by atoms with Crippen molar-refractivity contribution in [3.63, 3.8) is 0 Å². The van der Waals surface area contributed by atoms with E-state index in [2.05, 4.69) is 39.1 Å². The monoisotopic (exact) mass is 624 g/mol. The quantitative estimate of drug-likeness (QED) is 0.156. The van der Waals surface area contributed by atoms with Crippen LogP contribution in [-0.4, -0.2) is 33.5 Å². The molecule has 0 aliphatic heterocycles. The molecule has 0 spiro atoms. The summed E-state index contributed by atoms with van der Waals surface area (Å²) < 4.78 is 22.0. The number of nitrogens with one attached hydrogen (secondary N) is 3. The second-order valence-corrected chi connectivity index (χ2v) is 10.0. The fourth-order valence-corrected chi connectivity index (χ4v) is 4.81. The summed E-state index contributed by atoms with van der Waals surface area (Å²) in [5.41, 5.74) is 1.74. The van der Waals surface area contributed by atoms with Crippen LogP contribution in [0.4, 0.5) is 27.4 Å². The Kier molecular flexibility index (Phi) is 9.01. The third-order valence-corrected chi connectivity index (χ3v) is 7.05. The SMILES string of the molecule is C=CC(=O)Nc1ccc(Cn2c(=O)c(-c3c(Cl)ccc(OC)c3F)cc3cnc(Nc4ccccc4NC(=O)C=C)nc32)cc1. The highest BCUT2D eigenvalue weighted by Gasteiger charge is 2.21. The van der Waals surface area contributed by atoms with Crippen molar-refractivity contribution in [3.8, 4) is 16.9 Å². The molecule has 0 atom stereocenters. The van der Waals surface area contributed by atoms with Crippen molar-refractivity contribution in [3.05, 3.63) is 125 Å². The summed E-state index contributed by atoms with van der Waals surface area (Å²) >= 11 is 6.41. The summed E-state index contributed by atoms with van der Waals surface area (Å²) in [7, 11) is 1.32.